The first-order chi connectivity index (χ1) is 12.7. The van der Waals surface area contributed by atoms with Crippen molar-refractivity contribution in [3.05, 3.63) is 53.2 Å². The van der Waals surface area contributed by atoms with Gasteiger partial charge in [0, 0.05) is 49.6 Å². The quantitative estimate of drug-likeness (QED) is 0.787. The van der Waals surface area contributed by atoms with Gasteiger partial charge < -0.3 is 15.1 Å². The minimum atomic E-state index is -0.0525. The van der Waals surface area contributed by atoms with E-state index < -0.39 is 0 Å². The fraction of sp³-hybridized carbons (Fsp3) is 0.400. The van der Waals surface area contributed by atoms with Crippen molar-refractivity contribution in [1.29, 1.82) is 0 Å². The molecule has 0 bridgehead atoms. The Kier molecular flexibility index (Phi) is 6.34. The Hall–Kier alpha value is -2.27. The van der Waals surface area contributed by atoms with E-state index in [4.69, 9.17) is 11.6 Å². The Balaban J connectivity index is 1.55. The molecule has 2 aromatic rings. The Morgan fingerprint density at radius 3 is 2.58 bits per heavy atom. The van der Waals surface area contributed by atoms with Crippen molar-refractivity contribution in [3.63, 3.8) is 0 Å². The molecular formula is C20H25ClN4O. The number of amides is 1. The summed E-state index contributed by atoms with van der Waals surface area (Å²) >= 11 is 6.09. The molecule has 1 aromatic heterocycles. The van der Waals surface area contributed by atoms with Crippen LogP contribution in [0.15, 0.2) is 42.6 Å². The number of pyridine rings is 1. The molecule has 0 unspecified atom stereocenters. The first kappa shape index (κ1) is 18.5. The number of rotatable bonds is 6. The number of nitrogens with one attached hydrogen (secondary N) is 1. The van der Waals surface area contributed by atoms with Crippen LogP contribution in [0, 0.1) is 0 Å². The van der Waals surface area contributed by atoms with E-state index in [1.54, 1.807) is 6.20 Å². The molecule has 1 aromatic carbocycles. The first-order valence-electron chi connectivity index (χ1n) is 9.17. The maximum atomic E-state index is 12.1. The summed E-state index contributed by atoms with van der Waals surface area (Å²) in [5.41, 5.74) is 1.77. The maximum absolute atomic E-state index is 12.1. The highest BCUT2D eigenvalue weighted by Gasteiger charge is 2.18. The number of anilines is 2. The van der Waals surface area contributed by atoms with Crippen LogP contribution >= 0.6 is 11.6 Å². The average molecular weight is 373 g/mol. The number of benzene rings is 1. The number of halogens is 1. The first-order valence-corrected chi connectivity index (χ1v) is 9.55. The molecule has 2 heterocycles. The lowest BCUT2D eigenvalue weighted by atomic mass is 10.2. The van der Waals surface area contributed by atoms with Gasteiger partial charge in [0.25, 0.3) is 5.91 Å². The number of unbranched alkanes of at least 4 members (excludes halogenated alkanes) is 1. The molecule has 1 aliphatic heterocycles. The minimum Gasteiger partial charge on any atom is -0.368 e. The van der Waals surface area contributed by atoms with Crippen LogP contribution in [0.25, 0.3) is 0 Å². The summed E-state index contributed by atoms with van der Waals surface area (Å²) in [5, 5.41) is 3.68. The van der Waals surface area contributed by atoms with Crippen LogP contribution in [-0.2, 0) is 0 Å². The molecule has 3 rings (SSSR count). The fourth-order valence-corrected chi connectivity index (χ4v) is 3.24. The Morgan fingerprint density at radius 2 is 1.92 bits per heavy atom. The van der Waals surface area contributed by atoms with Crippen LogP contribution in [0.4, 0.5) is 11.5 Å². The highest BCUT2D eigenvalue weighted by Crippen LogP contribution is 2.22. The molecule has 5 nitrogen and oxygen atoms in total. The third kappa shape index (κ3) is 4.67. The van der Waals surface area contributed by atoms with Gasteiger partial charge in [0.1, 0.15) is 5.82 Å². The van der Waals surface area contributed by atoms with Gasteiger partial charge in [-0.15, -0.1) is 0 Å². The lowest BCUT2D eigenvalue weighted by Crippen LogP contribution is -2.46. The van der Waals surface area contributed by atoms with Crippen molar-refractivity contribution in [2.75, 3.05) is 42.5 Å². The summed E-state index contributed by atoms with van der Waals surface area (Å²) in [4.78, 5) is 21.1. The van der Waals surface area contributed by atoms with Crippen LogP contribution in [-0.4, -0.2) is 43.6 Å². The lowest BCUT2D eigenvalue weighted by molar-refractivity contribution is 0.0953. The van der Waals surface area contributed by atoms with Gasteiger partial charge in [-0.2, -0.15) is 0 Å². The smallest absolute Gasteiger partial charge is 0.252 e. The predicted molar refractivity (Wildman–Crippen MR) is 107 cm³/mol. The van der Waals surface area contributed by atoms with Gasteiger partial charge in [-0.25, -0.2) is 4.98 Å². The Morgan fingerprint density at radius 1 is 1.15 bits per heavy atom. The van der Waals surface area contributed by atoms with Crippen LogP contribution in [0.1, 0.15) is 30.1 Å². The SMILES string of the molecule is CCCCNC(=O)c1ccc(N2CCN(c3cccc(Cl)c3)CC2)nc1. The van der Waals surface area contributed by atoms with Crippen LogP contribution in [0.2, 0.25) is 5.02 Å². The molecule has 26 heavy (non-hydrogen) atoms. The highest BCUT2D eigenvalue weighted by molar-refractivity contribution is 6.30. The number of hydrogen-bond acceptors (Lipinski definition) is 4. The van der Waals surface area contributed by atoms with Crippen molar-refractivity contribution < 1.29 is 4.79 Å². The Bertz CT molecular complexity index is 727. The van der Waals surface area contributed by atoms with Crippen LogP contribution in [0.3, 0.4) is 0 Å². The van der Waals surface area contributed by atoms with Gasteiger partial charge in [-0.1, -0.05) is 31.0 Å². The second-order valence-electron chi connectivity index (χ2n) is 6.47. The van der Waals surface area contributed by atoms with E-state index in [2.05, 4.69) is 33.1 Å². The second-order valence-corrected chi connectivity index (χ2v) is 6.90. The summed E-state index contributed by atoms with van der Waals surface area (Å²) in [6, 6.07) is 11.8. The normalized spacial score (nSPS) is 14.4. The minimum absolute atomic E-state index is 0.0525. The van der Waals surface area contributed by atoms with Gasteiger partial charge >= 0.3 is 0 Å². The molecule has 0 saturated carbocycles. The van der Waals surface area contributed by atoms with E-state index in [1.165, 1.54) is 0 Å². The van der Waals surface area contributed by atoms with E-state index >= 15 is 0 Å². The van der Waals surface area contributed by atoms with E-state index in [1.807, 2.05) is 30.3 Å². The van der Waals surface area contributed by atoms with Crippen molar-refractivity contribution in [1.82, 2.24) is 10.3 Å². The third-order valence-electron chi connectivity index (χ3n) is 4.60. The van der Waals surface area contributed by atoms with E-state index in [0.29, 0.717) is 12.1 Å². The molecule has 0 atom stereocenters. The van der Waals surface area contributed by atoms with Gasteiger partial charge in [0.05, 0.1) is 5.56 Å². The molecule has 0 radical (unpaired) electrons. The number of aromatic nitrogens is 1. The van der Waals surface area contributed by atoms with Gasteiger partial charge in [-0.05, 0) is 36.8 Å². The zero-order chi connectivity index (χ0) is 18.4. The van der Waals surface area contributed by atoms with Gasteiger partial charge in [-0.3, -0.25) is 4.79 Å². The van der Waals surface area contributed by atoms with Crippen molar-refractivity contribution in [3.8, 4) is 0 Å². The van der Waals surface area contributed by atoms with Gasteiger partial charge in [0.2, 0.25) is 0 Å². The van der Waals surface area contributed by atoms with Crippen LogP contribution in [0.5, 0.6) is 0 Å². The molecule has 1 aliphatic rings. The number of carbonyl (C=O) groups excluding carboxylic acids is 1. The average Bonchev–Trinajstić information content (AvgIpc) is 2.68. The monoisotopic (exact) mass is 372 g/mol. The molecule has 0 aliphatic carbocycles. The number of carbonyl (C=O) groups is 1. The van der Waals surface area contributed by atoms with Gasteiger partial charge in [0.15, 0.2) is 0 Å². The van der Waals surface area contributed by atoms with Crippen molar-refractivity contribution in [2.45, 2.75) is 19.8 Å². The molecular weight excluding hydrogens is 348 g/mol. The summed E-state index contributed by atoms with van der Waals surface area (Å²) in [7, 11) is 0. The van der Waals surface area contributed by atoms with E-state index in [0.717, 1.165) is 55.5 Å². The van der Waals surface area contributed by atoms with Crippen molar-refractivity contribution in [2.24, 2.45) is 0 Å². The molecule has 138 valence electrons. The summed E-state index contributed by atoms with van der Waals surface area (Å²) in [6.07, 6.45) is 3.73. The molecule has 6 heteroatoms. The molecule has 1 saturated heterocycles. The van der Waals surface area contributed by atoms with Crippen molar-refractivity contribution >= 4 is 29.0 Å². The standard InChI is InChI=1S/C20H25ClN4O/c1-2-3-9-22-20(26)16-7-8-19(23-15-16)25-12-10-24(11-13-25)18-6-4-5-17(21)14-18/h4-8,14-15H,2-3,9-13H2,1H3,(H,22,26). The topological polar surface area (TPSA) is 48.5 Å². The van der Waals surface area contributed by atoms with Crippen LogP contribution < -0.4 is 15.1 Å². The zero-order valence-corrected chi connectivity index (χ0v) is 15.9. The maximum Gasteiger partial charge on any atom is 0.252 e. The molecule has 1 amide bonds. The second kappa shape index (κ2) is 8.90. The summed E-state index contributed by atoms with van der Waals surface area (Å²) in [6.45, 7) is 6.43. The summed E-state index contributed by atoms with van der Waals surface area (Å²) in [5.74, 6) is 0.865. The fourth-order valence-electron chi connectivity index (χ4n) is 3.05. The Labute approximate surface area is 160 Å². The molecule has 1 fully saturated rings. The largest absolute Gasteiger partial charge is 0.368 e. The van der Waals surface area contributed by atoms with E-state index in [-0.39, 0.29) is 5.91 Å². The molecule has 1 N–H and O–H groups in total. The molecule has 0 spiro atoms. The lowest BCUT2D eigenvalue weighted by Gasteiger charge is -2.36. The summed E-state index contributed by atoms with van der Waals surface area (Å²) < 4.78 is 0. The number of hydrogen-bond donors (Lipinski definition) is 1. The highest BCUT2D eigenvalue weighted by atomic mass is 35.5. The number of nitrogens with zero attached hydrogens (tertiary/aromatic N) is 3. The third-order valence-corrected chi connectivity index (χ3v) is 4.84. The van der Waals surface area contributed by atoms with E-state index in [9.17, 15) is 4.79 Å². The predicted octanol–water partition coefficient (Wildman–Crippen LogP) is 3.59. The zero-order valence-electron chi connectivity index (χ0n) is 15.1. The number of piperazine rings is 1.